The number of para-hydroxylation sites is 1. The highest BCUT2D eigenvalue weighted by molar-refractivity contribution is 7.89. The summed E-state index contributed by atoms with van der Waals surface area (Å²) in [6, 6.07) is 4.79. The highest BCUT2D eigenvalue weighted by Crippen LogP contribution is 2.30. The van der Waals surface area contributed by atoms with E-state index in [9.17, 15) is 18.0 Å². The van der Waals surface area contributed by atoms with Gasteiger partial charge >= 0.3 is 5.97 Å². The largest absolute Gasteiger partial charge is 0.455 e. The van der Waals surface area contributed by atoms with E-state index >= 15 is 0 Å². The zero-order valence-electron chi connectivity index (χ0n) is 17.0. The molecule has 0 unspecified atom stereocenters. The molecule has 0 atom stereocenters. The number of aryl methyl sites for hydroxylation is 2. The van der Waals surface area contributed by atoms with Crippen LogP contribution in [-0.4, -0.2) is 53.8 Å². The molecule has 168 valence electrons. The van der Waals surface area contributed by atoms with E-state index in [1.807, 2.05) is 0 Å². The molecule has 0 saturated carbocycles. The van der Waals surface area contributed by atoms with Crippen LogP contribution in [0.1, 0.15) is 18.7 Å². The minimum Gasteiger partial charge on any atom is -0.455 e. The van der Waals surface area contributed by atoms with Crippen molar-refractivity contribution in [2.24, 2.45) is 13.0 Å². The fourth-order valence-electron chi connectivity index (χ4n) is 3.16. The summed E-state index contributed by atoms with van der Waals surface area (Å²) in [4.78, 5) is 28.5. The van der Waals surface area contributed by atoms with Crippen LogP contribution in [0.4, 0.5) is 5.69 Å². The predicted octanol–water partition coefficient (Wildman–Crippen LogP) is 2.62. The smallest absolute Gasteiger partial charge is 0.309 e. The number of rotatable bonds is 6. The van der Waals surface area contributed by atoms with Gasteiger partial charge in [-0.05, 0) is 31.9 Å². The third-order valence-corrected chi connectivity index (χ3v) is 7.45. The Kier molecular flexibility index (Phi) is 7.25. The molecule has 0 aliphatic carbocycles. The van der Waals surface area contributed by atoms with Crippen LogP contribution < -0.4 is 5.32 Å². The Morgan fingerprint density at radius 3 is 2.39 bits per heavy atom. The normalized spacial score (nSPS) is 15.6. The van der Waals surface area contributed by atoms with Crippen molar-refractivity contribution in [1.29, 1.82) is 0 Å². The molecule has 1 amide bonds. The molecule has 1 N–H and O–H groups in total. The summed E-state index contributed by atoms with van der Waals surface area (Å²) in [5.74, 6) is -1.03. The molecule has 0 bridgehead atoms. The van der Waals surface area contributed by atoms with Gasteiger partial charge in [-0.25, -0.2) is 13.4 Å². The van der Waals surface area contributed by atoms with Crippen LogP contribution in [0.3, 0.4) is 0 Å². The van der Waals surface area contributed by atoms with Crippen LogP contribution in [0, 0.1) is 12.8 Å². The number of carbonyl (C=O) groups excluding carboxylic acids is 2. The highest BCUT2D eigenvalue weighted by Gasteiger charge is 2.34. The Morgan fingerprint density at radius 2 is 1.84 bits per heavy atom. The average Bonchev–Trinajstić information content (AvgIpc) is 3.08. The Labute approximate surface area is 190 Å². The van der Waals surface area contributed by atoms with Crippen molar-refractivity contribution in [2.45, 2.75) is 24.8 Å². The van der Waals surface area contributed by atoms with Crippen molar-refractivity contribution in [3.05, 3.63) is 40.3 Å². The fourth-order valence-corrected chi connectivity index (χ4v) is 5.15. The first kappa shape index (κ1) is 23.5. The van der Waals surface area contributed by atoms with Gasteiger partial charge < -0.3 is 14.6 Å². The molecular formula is C19H22Cl2N4O5S. The average molecular weight is 489 g/mol. The molecule has 1 saturated heterocycles. The van der Waals surface area contributed by atoms with Crippen molar-refractivity contribution in [3.63, 3.8) is 0 Å². The lowest BCUT2D eigenvalue weighted by Gasteiger charge is -2.29. The maximum atomic E-state index is 12.7. The van der Waals surface area contributed by atoms with Crippen LogP contribution in [0.5, 0.6) is 0 Å². The van der Waals surface area contributed by atoms with Crippen molar-refractivity contribution in [1.82, 2.24) is 13.9 Å². The number of piperidine rings is 1. The van der Waals surface area contributed by atoms with Crippen LogP contribution >= 0.6 is 23.2 Å². The number of ether oxygens (including phenoxy) is 1. The van der Waals surface area contributed by atoms with E-state index in [4.69, 9.17) is 27.9 Å². The molecule has 31 heavy (non-hydrogen) atoms. The van der Waals surface area contributed by atoms with E-state index < -0.39 is 34.4 Å². The number of amides is 1. The van der Waals surface area contributed by atoms with Crippen molar-refractivity contribution < 1.29 is 22.7 Å². The number of anilines is 1. The van der Waals surface area contributed by atoms with Crippen molar-refractivity contribution >= 4 is 50.8 Å². The number of benzene rings is 1. The predicted molar refractivity (Wildman–Crippen MR) is 115 cm³/mol. The number of sulfonamides is 1. The molecule has 1 aliphatic heterocycles. The summed E-state index contributed by atoms with van der Waals surface area (Å²) in [6.07, 6.45) is 2.05. The van der Waals surface area contributed by atoms with E-state index in [1.165, 1.54) is 10.5 Å². The van der Waals surface area contributed by atoms with Crippen LogP contribution in [-0.2, 0) is 31.4 Å². The summed E-state index contributed by atoms with van der Waals surface area (Å²) < 4.78 is 33.5. The van der Waals surface area contributed by atoms with Gasteiger partial charge in [0.05, 0.1) is 21.7 Å². The van der Waals surface area contributed by atoms with Gasteiger partial charge in [0.25, 0.3) is 15.9 Å². The maximum absolute atomic E-state index is 12.7. The van der Waals surface area contributed by atoms with E-state index in [1.54, 1.807) is 36.7 Å². The first-order valence-corrected chi connectivity index (χ1v) is 11.7. The highest BCUT2D eigenvalue weighted by atomic mass is 35.5. The zero-order chi connectivity index (χ0) is 22.8. The first-order valence-electron chi connectivity index (χ1n) is 9.50. The van der Waals surface area contributed by atoms with Gasteiger partial charge in [0, 0.05) is 26.3 Å². The Balaban J connectivity index is 1.50. The molecule has 1 aliphatic rings. The van der Waals surface area contributed by atoms with Gasteiger partial charge in [-0.2, -0.15) is 4.31 Å². The van der Waals surface area contributed by atoms with Gasteiger partial charge in [0.1, 0.15) is 5.82 Å². The summed E-state index contributed by atoms with van der Waals surface area (Å²) >= 11 is 12.0. The fraction of sp³-hybridized carbons (Fsp3) is 0.421. The first-order chi connectivity index (χ1) is 14.6. The number of halogens is 2. The monoisotopic (exact) mass is 488 g/mol. The maximum Gasteiger partial charge on any atom is 0.309 e. The second-order valence-corrected chi connectivity index (χ2v) is 9.87. The summed E-state index contributed by atoms with van der Waals surface area (Å²) in [6.45, 7) is 1.56. The molecule has 1 aromatic heterocycles. The number of esters is 1. The van der Waals surface area contributed by atoms with Gasteiger partial charge in [-0.1, -0.05) is 29.3 Å². The molecule has 1 fully saturated rings. The summed E-state index contributed by atoms with van der Waals surface area (Å²) in [5.41, 5.74) is 0.246. The minimum absolute atomic E-state index is 0.0107. The van der Waals surface area contributed by atoms with Crippen molar-refractivity contribution in [2.75, 3.05) is 25.0 Å². The van der Waals surface area contributed by atoms with E-state index in [0.717, 1.165) is 0 Å². The lowest BCUT2D eigenvalue weighted by atomic mass is 9.98. The summed E-state index contributed by atoms with van der Waals surface area (Å²) in [5, 5.41) is 3.04. The third kappa shape index (κ3) is 5.38. The summed E-state index contributed by atoms with van der Waals surface area (Å²) in [7, 11) is -2.00. The lowest BCUT2D eigenvalue weighted by molar-refractivity contribution is -0.152. The lowest BCUT2D eigenvalue weighted by Crippen LogP contribution is -2.41. The SMILES string of the molecule is Cc1nc(S(=O)(=O)N2CCC(C(=O)OCC(=O)Nc3c(Cl)cccc3Cl)CC2)cn1C. The van der Waals surface area contributed by atoms with Crippen LogP contribution in [0.2, 0.25) is 10.0 Å². The van der Waals surface area contributed by atoms with Crippen LogP contribution in [0.25, 0.3) is 0 Å². The second-order valence-electron chi connectivity index (χ2n) is 7.17. The van der Waals surface area contributed by atoms with Gasteiger partial charge in [-0.15, -0.1) is 0 Å². The molecule has 0 radical (unpaired) electrons. The Morgan fingerprint density at radius 1 is 1.23 bits per heavy atom. The van der Waals surface area contributed by atoms with Gasteiger partial charge in [0.2, 0.25) is 0 Å². The quantitative estimate of drug-likeness (QED) is 0.625. The number of nitrogens with one attached hydrogen (secondary N) is 1. The topological polar surface area (TPSA) is 111 Å². The zero-order valence-corrected chi connectivity index (χ0v) is 19.3. The number of hydrogen-bond acceptors (Lipinski definition) is 6. The third-order valence-electron chi connectivity index (χ3n) is 5.05. The molecule has 12 heteroatoms. The molecule has 0 spiro atoms. The Hall–Kier alpha value is -2.14. The molecule has 3 rings (SSSR count). The molecule has 1 aromatic carbocycles. The Bertz CT molecular complexity index is 1050. The van der Waals surface area contributed by atoms with Crippen molar-refractivity contribution in [3.8, 4) is 0 Å². The number of aromatic nitrogens is 2. The second kappa shape index (κ2) is 9.56. The minimum atomic E-state index is -3.72. The molecule has 9 nitrogen and oxygen atoms in total. The number of hydrogen-bond donors (Lipinski definition) is 1. The number of imidazole rings is 1. The standard InChI is InChI=1S/C19H22Cl2N4O5S/c1-12-22-17(10-24(12)2)31(28,29)25-8-6-13(7-9-25)19(27)30-11-16(26)23-18-14(20)4-3-5-15(18)21/h3-5,10,13H,6-9,11H2,1-2H3,(H,23,26). The van der Waals surface area contributed by atoms with Crippen LogP contribution in [0.15, 0.2) is 29.4 Å². The number of carbonyl (C=O) groups is 2. The van der Waals surface area contributed by atoms with E-state index in [2.05, 4.69) is 10.3 Å². The molecule has 2 heterocycles. The number of nitrogens with zero attached hydrogens (tertiary/aromatic N) is 3. The van der Waals surface area contributed by atoms with E-state index in [-0.39, 0.29) is 33.8 Å². The molecular weight excluding hydrogens is 467 g/mol. The van der Waals surface area contributed by atoms with Gasteiger partial charge in [0.15, 0.2) is 11.6 Å². The van der Waals surface area contributed by atoms with Gasteiger partial charge in [-0.3, -0.25) is 9.59 Å². The molecule has 2 aromatic rings. The van der Waals surface area contributed by atoms with E-state index in [0.29, 0.717) is 18.7 Å².